The molecule has 0 bridgehead atoms. The van der Waals surface area contributed by atoms with E-state index < -0.39 is 0 Å². The summed E-state index contributed by atoms with van der Waals surface area (Å²) in [7, 11) is 0. The van der Waals surface area contributed by atoms with Crippen LogP contribution in [0.3, 0.4) is 0 Å². The van der Waals surface area contributed by atoms with E-state index in [0.717, 1.165) is 16.8 Å². The molecule has 116 valence electrons. The van der Waals surface area contributed by atoms with Crippen molar-refractivity contribution in [2.24, 2.45) is 0 Å². The number of carbonyl (C=O) groups is 1. The molecule has 2 aromatic carbocycles. The van der Waals surface area contributed by atoms with Gasteiger partial charge >= 0.3 is 0 Å². The number of hydrogen-bond acceptors (Lipinski definition) is 3. The molecule has 0 aliphatic carbocycles. The topological polar surface area (TPSA) is 59.8 Å². The fourth-order valence-electron chi connectivity index (χ4n) is 2.47. The van der Waals surface area contributed by atoms with Crippen molar-refractivity contribution in [1.29, 1.82) is 0 Å². The SMILES string of the molecule is CC(=O)N[C@H](c1ccccc1)c1cn(Cc2ccccc2)nn1. The number of rotatable bonds is 5. The molecule has 1 aromatic heterocycles. The number of carbonyl (C=O) groups excluding carboxylic acids is 1. The van der Waals surface area contributed by atoms with Crippen molar-refractivity contribution in [2.45, 2.75) is 19.5 Å². The Bertz CT molecular complexity index is 768. The second-order valence-electron chi connectivity index (χ2n) is 5.37. The van der Waals surface area contributed by atoms with Crippen LogP contribution in [0.5, 0.6) is 0 Å². The van der Waals surface area contributed by atoms with Gasteiger partial charge in [-0.3, -0.25) is 4.79 Å². The summed E-state index contributed by atoms with van der Waals surface area (Å²) in [5.41, 5.74) is 2.86. The summed E-state index contributed by atoms with van der Waals surface area (Å²) < 4.78 is 1.78. The predicted molar refractivity (Wildman–Crippen MR) is 87.7 cm³/mol. The van der Waals surface area contributed by atoms with E-state index in [9.17, 15) is 4.79 Å². The number of nitrogens with one attached hydrogen (secondary N) is 1. The molecule has 0 radical (unpaired) electrons. The first kappa shape index (κ1) is 15.0. The summed E-state index contributed by atoms with van der Waals surface area (Å²) in [6, 6.07) is 19.5. The Morgan fingerprint density at radius 1 is 1.09 bits per heavy atom. The zero-order valence-electron chi connectivity index (χ0n) is 12.9. The minimum Gasteiger partial charge on any atom is -0.344 e. The van der Waals surface area contributed by atoms with Crippen molar-refractivity contribution in [3.8, 4) is 0 Å². The van der Waals surface area contributed by atoms with Crippen LogP contribution >= 0.6 is 0 Å². The average Bonchev–Trinajstić information content (AvgIpc) is 3.02. The first-order chi connectivity index (χ1) is 11.2. The average molecular weight is 306 g/mol. The second-order valence-corrected chi connectivity index (χ2v) is 5.37. The minimum absolute atomic E-state index is 0.100. The number of nitrogens with zero attached hydrogens (tertiary/aromatic N) is 3. The standard InChI is InChI=1S/C18H18N4O/c1-14(23)19-18(16-10-6-3-7-11-16)17-13-22(21-20-17)12-15-8-4-2-5-9-15/h2-11,13,18H,12H2,1H3,(H,19,23)/t18-/m1/s1. The van der Waals surface area contributed by atoms with Gasteiger partial charge in [-0.15, -0.1) is 5.10 Å². The molecule has 0 saturated carbocycles. The molecule has 1 N–H and O–H groups in total. The van der Waals surface area contributed by atoms with Gasteiger partial charge in [-0.2, -0.15) is 0 Å². The predicted octanol–water partition coefficient (Wildman–Crippen LogP) is 2.55. The lowest BCUT2D eigenvalue weighted by Crippen LogP contribution is -2.27. The molecule has 0 aliphatic heterocycles. The number of amides is 1. The third kappa shape index (κ3) is 3.83. The van der Waals surface area contributed by atoms with Crippen molar-refractivity contribution in [2.75, 3.05) is 0 Å². The van der Waals surface area contributed by atoms with Crippen molar-refractivity contribution in [1.82, 2.24) is 20.3 Å². The van der Waals surface area contributed by atoms with Gasteiger partial charge in [0.25, 0.3) is 0 Å². The van der Waals surface area contributed by atoms with Crippen LogP contribution in [-0.2, 0) is 11.3 Å². The molecular weight excluding hydrogens is 288 g/mol. The lowest BCUT2D eigenvalue weighted by atomic mass is 10.0. The maximum Gasteiger partial charge on any atom is 0.217 e. The van der Waals surface area contributed by atoms with Gasteiger partial charge in [0.1, 0.15) is 5.69 Å². The zero-order valence-corrected chi connectivity index (χ0v) is 12.9. The molecule has 0 spiro atoms. The van der Waals surface area contributed by atoms with Crippen LogP contribution in [0.4, 0.5) is 0 Å². The molecule has 3 rings (SSSR count). The molecule has 0 aliphatic rings. The number of aromatic nitrogens is 3. The third-order valence-corrected chi connectivity index (χ3v) is 3.52. The van der Waals surface area contributed by atoms with Crippen molar-refractivity contribution >= 4 is 5.91 Å². The van der Waals surface area contributed by atoms with Crippen LogP contribution in [0.1, 0.15) is 29.8 Å². The molecular formula is C18H18N4O. The van der Waals surface area contributed by atoms with Gasteiger partial charge in [0.05, 0.1) is 18.8 Å². The van der Waals surface area contributed by atoms with Crippen LogP contribution < -0.4 is 5.32 Å². The largest absolute Gasteiger partial charge is 0.344 e. The highest BCUT2D eigenvalue weighted by atomic mass is 16.1. The second kappa shape index (κ2) is 6.87. The van der Waals surface area contributed by atoms with Crippen LogP contribution in [0, 0.1) is 0 Å². The lowest BCUT2D eigenvalue weighted by molar-refractivity contribution is -0.119. The fourth-order valence-corrected chi connectivity index (χ4v) is 2.47. The summed E-state index contributed by atoms with van der Waals surface area (Å²) in [6.45, 7) is 2.15. The Morgan fingerprint density at radius 3 is 2.39 bits per heavy atom. The maximum atomic E-state index is 11.5. The summed E-state index contributed by atoms with van der Waals surface area (Å²) in [5.74, 6) is -0.100. The van der Waals surface area contributed by atoms with Crippen LogP contribution in [-0.4, -0.2) is 20.9 Å². The first-order valence-corrected chi connectivity index (χ1v) is 7.48. The molecule has 1 heterocycles. The Morgan fingerprint density at radius 2 is 1.74 bits per heavy atom. The third-order valence-electron chi connectivity index (χ3n) is 3.52. The van der Waals surface area contributed by atoms with Gasteiger partial charge in [0, 0.05) is 6.92 Å². The zero-order chi connectivity index (χ0) is 16.1. The van der Waals surface area contributed by atoms with Crippen LogP contribution in [0.2, 0.25) is 0 Å². The summed E-state index contributed by atoms with van der Waals surface area (Å²) >= 11 is 0. The molecule has 23 heavy (non-hydrogen) atoms. The monoisotopic (exact) mass is 306 g/mol. The van der Waals surface area contributed by atoms with E-state index in [1.807, 2.05) is 66.9 Å². The summed E-state index contributed by atoms with van der Waals surface area (Å²) in [4.78, 5) is 11.5. The van der Waals surface area contributed by atoms with Gasteiger partial charge in [-0.05, 0) is 11.1 Å². The molecule has 1 atom stereocenters. The van der Waals surface area contributed by atoms with E-state index in [1.54, 1.807) is 4.68 Å². The molecule has 5 nitrogen and oxygen atoms in total. The van der Waals surface area contributed by atoms with E-state index >= 15 is 0 Å². The molecule has 3 aromatic rings. The van der Waals surface area contributed by atoms with Crippen LogP contribution in [0.15, 0.2) is 66.9 Å². The van der Waals surface area contributed by atoms with Crippen LogP contribution in [0.25, 0.3) is 0 Å². The molecule has 1 amide bonds. The fraction of sp³-hybridized carbons (Fsp3) is 0.167. The van der Waals surface area contributed by atoms with E-state index in [0.29, 0.717) is 6.54 Å². The molecule has 5 heteroatoms. The summed E-state index contributed by atoms with van der Waals surface area (Å²) in [6.07, 6.45) is 1.88. The van der Waals surface area contributed by atoms with Gasteiger partial charge in [0.2, 0.25) is 5.91 Å². The molecule has 0 fully saturated rings. The van der Waals surface area contributed by atoms with Crippen molar-refractivity contribution in [3.05, 3.63) is 83.7 Å². The first-order valence-electron chi connectivity index (χ1n) is 7.48. The Labute approximate surface area is 135 Å². The smallest absolute Gasteiger partial charge is 0.217 e. The van der Waals surface area contributed by atoms with Crippen molar-refractivity contribution < 1.29 is 4.79 Å². The highest BCUT2D eigenvalue weighted by molar-refractivity contribution is 5.73. The van der Waals surface area contributed by atoms with Gasteiger partial charge < -0.3 is 5.32 Å². The highest BCUT2D eigenvalue weighted by Crippen LogP contribution is 2.20. The normalized spacial score (nSPS) is 11.9. The Hall–Kier alpha value is -2.95. The quantitative estimate of drug-likeness (QED) is 0.788. The molecule has 0 unspecified atom stereocenters. The Kier molecular flexibility index (Phi) is 4.47. The maximum absolute atomic E-state index is 11.5. The lowest BCUT2D eigenvalue weighted by Gasteiger charge is -2.15. The van der Waals surface area contributed by atoms with E-state index in [1.165, 1.54) is 6.92 Å². The van der Waals surface area contributed by atoms with Gasteiger partial charge in [-0.25, -0.2) is 4.68 Å². The summed E-state index contributed by atoms with van der Waals surface area (Å²) in [5, 5.41) is 11.4. The van der Waals surface area contributed by atoms with Crippen molar-refractivity contribution in [3.63, 3.8) is 0 Å². The number of hydrogen-bond donors (Lipinski definition) is 1. The van der Waals surface area contributed by atoms with Gasteiger partial charge in [-0.1, -0.05) is 65.9 Å². The van der Waals surface area contributed by atoms with E-state index in [2.05, 4.69) is 15.6 Å². The van der Waals surface area contributed by atoms with E-state index in [4.69, 9.17) is 0 Å². The van der Waals surface area contributed by atoms with E-state index in [-0.39, 0.29) is 11.9 Å². The number of benzene rings is 2. The highest BCUT2D eigenvalue weighted by Gasteiger charge is 2.18. The minimum atomic E-state index is -0.293. The Balaban J connectivity index is 1.84. The van der Waals surface area contributed by atoms with Gasteiger partial charge in [0.15, 0.2) is 0 Å². The molecule has 0 saturated heterocycles.